The van der Waals surface area contributed by atoms with E-state index in [1.54, 1.807) is 6.20 Å². The first kappa shape index (κ1) is 11.9. The molecule has 1 atom stereocenters. The quantitative estimate of drug-likeness (QED) is 0.795. The number of ketones is 1. The normalized spacial score (nSPS) is 12.8. The van der Waals surface area contributed by atoms with Crippen molar-refractivity contribution in [3.05, 3.63) is 30.1 Å². The average molecular weight is 206 g/mol. The number of nitrogens with two attached hydrogens (primary N) is 1. The van der Waals surface area contributed by atoms with Crippen LogP contribution in [0.1, 0.15) is 26.0 Å². The van der Waals surface area contributed by atoms with Gasteiger partial charge in [-0.2, -0.15) is 0 Å². The standard InChI is InChI=1S/C12H18N2O/c1-9(2)7-11(13)12(15)8-10-5-3-4-6-14-10/h3-6,9,11H,7-8,13H2,1-2H3. The molecule has 0 aliphatic rings. The van der Waals surface area contributed by atoms with Crippen molar-refractivity contribution in [3.8, 4) is 0 Å². The van der Waals surface area contributed by atoms with Crippen LogP contribution in [0.15, 0.2) is 24.4 Å². The van der Waals surface area contributed by atoms with Gasteiger partial charge in [0.05, 0.1) is 12.5 Å². The SMILES string of the molecule is CC(C)CC(N)C(=O)Cc1ccccn1. The number of pyridine rings is 1. The van der Waals surface area contributed by atoms with Crippen LogP contribution in [-0.4, -0.2) is 16.8 Å². The number of hydrogen-bond acceptors (Lipinski definition) is 3. The lowest BCUT2D eigenvalue weighted by molar-refractivity contribution is -0.120. The van der Waals surface area contributed by atoms with Crippen LogP contribution in [-0.2, 0) is 11.2 Å². The minimum absolute atomic E-state index is 0.0717. The Balaban J connectivity index is 2.49. The highest BCUT2D eigenvalue weighted by Gasteiger charge is 2.15. The van der Waals surface area contributed by atoms with Gasteiger partial charge in [-0.3, -0.25) is 9.78 Å². The average Bonchev–Trinajstić information content (AvgIpc) is 2.18. The van der Waals surface area contributed by atoms with E-state index >= 15 is 0 Å². The fourth-order valence-electron chi connectivity index (χ4n) is 1.45. The van der Waals surface area contributed by atoms with Crippen molar-refractivity contribution < 1.29 is 4.79 Å². The molecule has 3 nitrogen and oxygen atoms in total. The second-order valence-electron chi connectivity index (χ2n) is 4.20. The number of carbonyl (C=O) groups is 1. The Morgan fingerprint density at radius 1 is 1.47 bits per heavy atom. The zero-order chi connectivity index (χ0) is 11.3. The predicted molar refractivity (Wildman–Crippen MR) is 60.4 cm³/mol. The predicted octanol–water partition coefficient (Wildman–Crippen LogP) is 1.57. The molecule has 1 aromatic heterocycles. The number of rotatable bonds is 5. The van der Waals surface area contributed by atoms with Gasteiger partial charge >= 0.3 is 0 Å². The second-order valence-corrected chi connectivity index (χ2v) is 4.20. The van der Waals surface area contributed by atoms with Crippen molar-refractivity contribution in [3.63, 3.8) is 0 Å². The van der Waals surface area contributed by atoms with Gasteiger partial charge < -0.3 is 5.73 Å². The molecule has 1 unspecified atom stereocenters. The maximum absolute atomic E-state index is 11.7. The summed E-state index contributed by atoms with van der Waals surface area (Å²) in [5.74, 6) is 0.523. The first-order valence-corrected chi connectivity index (χ1v) is 5.27. The number of aromatic nitrogens is 1. The van der Waals surface area contributed by atoms with Gasteiger partial charge in [-0.15, -0.1) is 0 Å². The lowest BCUT2D eigenvalue weighted by Gasteiger charge is -2.12. The maximum atomic E-state index is 11.7. The Morgan fingerprint density at radius 2 is 2.20 bits per heavy atom. The summed E-state index contributed by atoms with van der Waals surface area (Å²) in [6.45, 7) is 4.13. The molecule has 0 saturated carbocycles. The molecular formula is C12H18N2O. The van der Waals surface area contributed by atoms with Crippen LogP contribution < -0.4 is 5.73 Å². The molecule has 0 saturated heterocycles. The van der Waals surface area contributed by atoms with Crippen molar-refractivity contribution in [2.24, 2.45) is 11.7 Å². The Labute approximate surface area is 90.7 Å². The molecule has 0 aliphatic carbocycles. The Bertz CT molecular complexity index is 309. The van der Waals surface area contributed by atoms with E-state index in [0.29, 0.717) is 12.3 Å². The van der Waals surface area contributed by atoms with E-state index in [-0.39, 0.29) is 11.8 Å². The number of carbonyl (C=O) groups excluding carboxylic acids is 1. The fraction of sp³-hybridized carbons (Fsp3) is 0.500. The molecule has 1 aromatic rings. The Hall–Kier alpha value is -1.22. The molecule has 0 aromatic carbocycles. The zero-order valence-electron chi connectivity index (χ0n) is 9.31. The smallest absolute Gasteiger partial charge is 0.155 e. The molecule has 0 aliphatic heterocycles. The molecule has 0 fully saturated rings. The second kappa shape index (κ2) is 5.61. The molecular weight excluding hydrogens is 188 g/mol. The van der Waals surface area contributed by atoms with Gasteiger partial charge in [0.15, 0.2) is 5.78 Å². The largest absolute Gasteiger partial charge is 0.321 e. The van der Waals surface area contributed by atoms with E-state index in [1.807, 2.05) is 18.2 Å². The van der Waals surface area contributed by atoms with E-state index < -0.39 is 0 Å². The van der Waals surface area contributed by atoms with Crippen LogP contribution >= 0.6 is 0 Å². The third kappa shape index (κ3) is 4.21. The van der Waals surface area contributed by atoms with Crippen LogP contribution in [0.5, 0.6) is 0 Å². The topological polar surface area (TPSA) is 56.0 Å². The molecule has 1 heterocycles. The van der Waals surface area contributed by atoms with E-state index in [9.17, 15) is 4.79 Å². The summed E-state index contributed by atoms with van der Waals surface area (Å²) >= 11 is 0. The van der Waals surface area contributed by atoms with Crippen LogP contribution in [0, 0.1) is 5.92 Å². The lowest BCUT2D eigenvalue weighted by Crippen LogP contribution is -2.33. The van der Waals surface area contributed by atoms with Gasteiger partial charge in [-0.05, 0) is 24.5 Å². The Morgan fingerprint density at radius 3 is 2.73 bits per heavy atom. The van der Waals surface area contributed by atoms with Crippen LogP contribution in [0.2, 0.25) is 0 Å². The van der Waals surface area contributed by atoms with Crippen LogP contribution in [0.4, 0.5) is 0 Å². The summed E-state index contributed by atoms with van der Waals surface area (Å²) in [5.41, 5.74) is 6.58. The lowest BCUT2D eigenvalue weighted by atomic mass is 9.98. The highest BCUT2D eigenvalue weighted by molar-refractivity contribution is 5.85. The van der Waals surface area contributed by atoms with Crippen LogP contribution in [0.3, 0.4) is 0 Å². The molecule has 15 heavy (non-hydrogen) atoms. The van der Waals surface area contributed by atoms with Crippen molar-refractivity contribution in [1.29, 1.82) is 0 Å². The zero-order valence-corrected chi connectivity index (χ0v) is 9.31. The summed E-state index contributed by atoms with van der Waals surface area (Å²) in [7, 11) is 0. The molecule has 1 rings (SSSR count). The van der Waals surface area contributed by atoms with E-state index in [0.717, 1.165) is 12.1 Å². The molecule has 0 bridgehead atoms. The van der Waals surface area contributed by atoms with Gasteiger partial charge in [-0.1, -0.05) is 19.9 Å². The number of nitrogens with zero attached hydrogens (tertiary/aromatic N) is 1. The third-order valence-corrected chi connectivity index (χ3v) is 2.22. The van der Waals surface area contributed by atoms with Crippen molar-refractivity contribution in [2.75, 3.05) is 0 Å². The van der Waals surface area contributed by atoms with Gasteiger partial charge in [-0.25, -0.2) is 0 Å². The van der Waals surface area contributed by atoms with E-state index in [2.05, 4.69) is 18.8 Å². The fourth-order valence-corrected chi connectivity index (χ4v) is 1.45. The molecule has 3 heteroatoms. The van der Waals surface area contributed by atoms with Gasteiger partial charge in [0.25, 0.3) is 0 Å². The van der Waals surface area contributed by atoms with E-state index in [1.165, 1.54) is 0 Å². The molecule has 0 radical (unpaired) electrons. The molecule has 82 valence electrons. The summed E-state index contributed by atoms with van der Waals surface area (Å²) < 4.78 is 0. The first-order valence-electron chi connectivity index (χ1n) is 5.27. The number of Topliss-reactive ketones (excluding diaryl/α,β-unsaturated/α-hetero) is 1. The highest BCUT2D eigenvalue weighted by Crippen LogP contribution is 2.06. The summed E-state index contributed by atoms with van der Waals surface area (Å²) in [6.07, 6.45) is 2.77. The van der Waals surface area contributed by atoms with Crippen molar-refractivity contribution in [2.45, 2.75) is 32.7 Å². The van der Waals surface area contributed by atoms with Gasteiger partial charge in [0.2, 0.25) is 0 Å². The number of hydrogen-bond donors (Lipinski definition) is 1. The summed E-state index contributed by atoms with van der Waals surface area (Å²) in [6, 6.07) is 5.21. The minimum Gasteiger partial charge on any atom is -0.321 e. The third-order valence-electron chi connectivity index (χ3n) is 2.22. The maximum Gasteiger partial charge on any atom is 0.155 e. The summed E-state index contributed by atoms with van der Waals surface area (Å²) in [5, 5.41) is 0. The Kier molecular flexibility index (Phi) is 4.43. The monoisotopic (exact) mass is 206 g/mol. The molecule has 0 spiro atoms. The van der Waals surface area contributed by atoms with Crippen molar-refractivity contribution in [1.82, 2.24) is 4.98 Å². The van der Waals surface area contributed by atoms with Crippen LogP contribution in [0.25, 0.3) is 0 Å². The van der Waals surface area contributed by atoms with Crippen molar-refractivity contribution >= 4 is 5.78 Å². The summed E-state index contributed by atoms with van der Waals surface area (Å²) in [4.78, 5) is 15.8. The molecule has 0 amide bonds. The van der Waals surface area contributed by atoms with E-state index in [4.69, 9.17) is 5.73 Å². The molecule has 2 N–H and O–H groups in total. The minimum atomic E-state index is -0.355. The van der Waals surface area contributed by atoms with Gasteiger partial charge in [0, 0.05) is 11.9 Å². The van der Waals surface area contributed by atoms with Gasteiger partial charge in [0.1, 0.15) is 0 Å². The highest BCUT2D eigenvalue weighted by atomic mass is 16.1. The first-order chi connectivity index (χ1) is 7.09.